The van der Waals surface area contributed by atoms with Gasteiger partial charge in [0.25, 0.3) is 0 Å². The maximum atomic E-state index is 5.26. The Morgan fingerprint density at radius 3 is 2.85 bits per heavy atom. The molecule has 13 heavy (non-hydrogen) atoms. The summed E-state index contributed by atoms with van der Waals surface area (Å²) in [5.74, 6) is 0.935. The van der Waals surface area contributed by atoms with Crippen molar-refractivity contribution in [1.29, 1.82) is 0 Å². The topological polar surface area (TPSA) is 22.1 Å². The van der Waals surface area contributed by atoms with E-state index in [-0.39, 0.29) is 0 Å². The number of hydrogen-bond donors (Lipinski definition) is 0. The first-order chi connectivity index (χ1) is 6.22. The van der Waals surface area contributed by atoms with Gasteiger partial charge in [-0.25, -0.2) is 4.98 Å². The van der Waals surface area contributed by atoms with Crippen LogP contribution in [0.15, 0.2) is 11.4 Å². The number of methoxy groups -OCH3 is 1. The molecule has 0 saturated carbocycles. The first-order valence-electron chi connectivity index (χ1n) is 4.12. The lowest BCUT2D eigenvalue weighted by Gasteiger charge is -2.01. The molecule has 3 heteroatoms. The molecule has 0 unspecified atom stereocenters. The Morgan fingerprint density at radius 1 is 1.38 bits per heavy atom. The van der Waals surface area contributed by atoms with Crippen molar-refractivity contribution in [3.8, 4) is 5.75 Å². The van der Waals surface area contributed by atoms with Crippen molar-refractivity contribution in [3.63, 3.8) is 0 Å². The van der Waals surface area contributed by atoms with Gasteiger partial charge in [-0.1, -0.05) is 0 Å². The molecule has 0 saturated heterocycles. The van der Waals surface area contributed by atoms with Crippen LogP contribution in [-0.2, 0) is 0 Å². The van der Waals surface area contributed by atoms with Gasteiger partial charge in [-0.3, -0.25) is 0 Å². The van der Waals surface area contributed by atoms with Gasteiger partial charge in [-0.15, -0.1) is 11.3 Å². The monoisotopic (exact) mass is 193 g/mol. The second-order valence-corrected chi connectivity index (χ2v) is 3.92. The fraction of sp³-hybridized carbons (Fsp3) is 0.300. The van der Waals surface area contributed by atoms with Gasteiger partial charge in [0.05, 0.1) is 12.5 Å². The average Bonchev–Trinajstić information content (AvgIpc) is 2.47. The predicted molar refractivity (Wildman–Crippen MR) is 55.6 cm³/mol. The predicted octanol–water partition coefficient (Wildman–Crippen LogP) is 2.92. The molecule has 0 amide bonds. The summed E-state index contributed by atoms with van der Waals surface area (Å²) in [6.45, 7) is 4.10. The molecule has 2 nitrogen and oxygen atoms in total. The third-order valence-electron chi connectivity index (χ3n) is 2.06. The maximum absolute atomic E-state index is 5.26. The average molecular weight is 193 g/mol. The number of hydrogen-bond acceptors (Lipinski definition) is 3. The molecule has 0 N–H and O–H groups in total. The van der Waals surface area contributed by atoms with E-state index in [1.54, 1.807) is 18.4 Å². The Balaban J connectivity index is 2.82. The lowest BCUT2D eigenvalue weighted by atomic mass is 10.2. The molecule has 0 aliphatic carbocycles. The minimum absolute atomic E-state index is 0.935. The lowest BCUT2D eigenvalue weighted by Crippen LogP contribution is -1.86. The first-order valence-corrected chi connectivity index (χ1v) is 5.00. The zero-order valence-corrected chi connectivity index (χ0v) is 8.73. The Morgan fingerprint density at radius 2 is 2.15 bits per heavy atom. The van der Waals surface area contributed by atoms with Gasteiger partial charge in [-0.05, 0) is 25.5 Å². The van der Waals surface area contributed by atoms with Crippen LogP contribution in [0.5, 0.6) is 5.75 Å². The van der Waals surface area contributed by atoms with E-state index in [1.807, 2.05) is 12.3 Å². The minimum Gasteiger partial charge on any atom is -0.495 e. The van der Waals surface area contributed by atoms with E-state index in [4.69, 9.17) is 4.74 Å². The Bertz CT molecular complexity index is 447. The van der Waals surface area contributed by atoms with Crippen LogP contribution in [0.4, 0.5) is 0 Å². The fourth-order valence-corrected chi connectivity index (χ4v) is 2.51. The van der Waals surface area contributed by atoms with Crippen LogP contribution < -0.4 is 4.74 Å². The number of ether oxygens (including phenoxy) is 1. The van der Waals surface area contributed by atoms with Crippen molar-refractivity contribution in [3.05, 3.63) is 22.7 Å². The van der Waals surface area contributed by atoms with Crippen molar-refractivity contribution in [2.45, 2.75) is 13.8 Å². The molecule has 2 heterocycles. The van der Waals surface area contributed by atoms with Crippen molar-refractivity contribution < 1.29 is 4.74 Å². The maximum Gasteiger partial charge on any atom is 0.139 e. The third-order valence-corrected chi connectivity index (χ3v) is 2.91. The van der Waals surface area contributed by atoms with E-state index in [1.165, 1.54) is 5.56 Å². The summed E-state index contributed by atoms with van der Waals surface area (Å²) in [6.07, 6.45) is 0. The van der Waals surface area contributed by atoms with Crippen molar-refractivity contribution in [2.24, 2.45) is 0 Å². The molecule has 0 bridgehead atoms. The molecule has 0 aromatic carbocycles. The molecule has 0 aliphatic rings. The largest absolute Gasteiger partial charge is 0.495 e. The molecule has 0 fully saturated rings. The third kappa shape index (κ3) is 1.29. The van der Waals surface area contributed by atoms with Gasteiger partial charge < -0.3 is 4.74 Å². The van der Waals surface area contributed by atoms with Crippen molar-refractivity contribution in [1.82, 2.24) is 4.98 Å². The van der Waals surface area contributed by atoms with E-state index in [2.05, 4.69) is 18.0 Å². The van der Waals surface area contributed by atoms with Crippen LogP contribution in [0.3, 0.4) is 0 Å². The van der Waals surface area contributed by atoms with Crippen LogP contribution in [-0.4, -0.2) is 12.1 Å². The van der Waals surface area contributed by atoms with Crippen LogP contribution in [0.25, 0.3) is 10.2 Å². The van der Waals surface area contributed by atoms with Crippen LogP contribution in [0.2, 0.25) is 0 Å². The Hall–Kier alpha value is -1.09. The summed E-state index contributed by atoms with van der Waals surface area (Å²) in [5, 5.41) is 3.16. The minimum atomic E-state index is 0.935. The smallest absolute Gasteiger partial charge is 0.139 e. The van der Waals surface area contributed by atoms with E-state index in [0.29, 0.717) is 0 Å². The molecule has 0 aliphatic heterocycles. The summed E-state index contributed by atoms with van der Waals surface area (Å²) >= 11 is 1.63. The molecule has 68 valence electrons. The van der Waals surface area contributed by atoms with Crippen molar-refractivity contribution in [2.75, 3.05) is 7.11 Å². The molecular weight excluding hydrogens is 182 g/mol. The summed E-state index contributed by atoms with van der Waals surface area (Å²) in [5.41, 5.74) is 2.30. The molecule has 2 aromatic rings. The SMILES string of the molecule is COc1csc2nc(C)cc(C)c12. The van der Waals surface area contributed by atoms with Gasteiger partial charge >= 0.3 is 0 Å². The standard InChI is InChI=1S/C10H11NOS/c1-6-4-7(2)11-10-9(6)8(12-3)5-13-10/h4-5H,1-3H3. The highest BCUT2D eigenvalue weighted by atomic mass is 32.1. The first kappa shape index (κ1) is 8.51. The Kier molecular flexibility index (Phi) is 1.96. The number of nitrogens with zero attached hydrogens (tertiary/aromatic N) is 1. The van der Waals surface area contributed by atoms with E-state index in [0.717, 1.165) is 21.7 Å². The number of thiophene rings is 1. The highest BCUT2D eigenvalue weighted by Gasteiger charge is 2.08. The van der Waals surface area contributed by atoms with Crippen LogP contribution >= 0.6 is 11.3 Å². The molecule has 2 aromatic heterocycles. The highest BCUT2D eigenvalue weighted by Crippen LogP contribution is 2.33. The highest BCUT2D eigenvalue weighted by molar-refractivity contribution is 7.17. The zero-order valence-electron chi connectivity index (χ0n) is 7.92. The molecule has 0 spiro atoms. The number of aromatic nitrogens is 1. The van der Waals surface area contributed by atoms with Gasteiger partial charge in [0.15, 0.2) is 0 Å². The molecule has 2 rings (SSSR count). The fourth-order valence-electron chi connectivity index (χ4n) is 1.51. The molecular formula is C10H11NOS. The normalized spacial score (nSPS) is 10.7. The number of pyridine rings is 1. The second-order valence-electron chi connectivity index (χ2n) is 3.06. The van der Waals surface area contributed by atoms with Gasteiger partial charge in [0.2, 0.25) is 0 Å². The summed E-state index contributed by atoms with van der Waals surface area (Å²) in [7, 11) is 1.70. The number of aryl methyl sites for hydroxylation is 2. The van der Waals surface area contributed by atoms with Gasteiger partial charge in [0, 0.05) is 11.1 Å². The number of rotatable bonds is 1. The summed E-state index contributed by atoms with van der Waals surface area (Å²) in [6, 6.07) is 2.08. The van der Waals surface area contributed by atoms with Crippen molar-refractivity contribution >= 4 is 21.6 Å². The Labute approximate surface area is 81.2 Å². The molecule has 0 radical (unpaired) electrons. The second kappa shape index (κ2) is 3.00. The van der Waals surface area contributed by atoms with E-state index >= 15 is 0 Å². The van der Waals surface area contributed by atoms with E-state index < -0.39 is 0 Å². The summed E-state index contributed by atoms with van der Waals surface area (Å²) in [4.78, 5) is 5.51. The van der Waals surface area contributed by atoms with E-state index in [9.17, 15) is 0 Å². The van der Waals surface area contributed by atoms with Crippen LogP contribution in [0, 0.1) is 13.8 Å². The summed E-state index contributed by atoms with van der Waals surface area (Å²) < 4.78 is 5.26. The number of fused-ring (bicyclic) bond motifs is 1. The lowest BCUT2D eigenvalue weighted by molar-refractivity contribution is 0.421. The zero-order chi connectivity index (χ0) is 9.42. The molecule has 0 atom stereocenters. The quantitative estimate of drug-likeness (QED) is 0.694. The van der Waals surface area contributed by atoms with Crippen LogP contribution in [0.1, 0.15) is 11.3 Å². The van der Waals surface area contributed by atoms with Gasteiger partial charge in [0.1, 0.15) is 10.6 Å². The van der Waals surface area contributed by atoms with Gasteiger partial charge in [-0.2, -0.15) is 0 Å².